The number of benzene rings is 2. The molecule has 0 bridgehead atoms. The lowest BCUT2D eigenvalue weighted by molar-refractivity contribution is 0.0697. The van der Waals surface area contributed by atoms with Gasteiger partial charge in [-0.25, -0.2) is 4.79 Å². The lowest BCUT2D eigenvalue weighted by Gasteiger charge is -2.04. The van der Waals surface area contributed by atoms with Crippen LogP contribution in [0.5, 0.6) is 0 Å². The molecule has 0 amide bonds. The number of aromatic carboxylic acids is 1. The zero-order valence-corrected chi connectivity index (χ0v) is 12.5. The number of halogens is 1. The van der Waals surface area contributed by atoms with Crippen molar-refractivity contribution >= 4 is 29.3 Å². The number of thioether (sulfide) groups is 1. The third-order valence-corrected chi connectivity index (χ3v) is 4.27. The number of carbonyl (C=O) groups is 1. The number of rotatable bonds is 6. The molecule has 2 aromatic carbocycles. The second kappa shape index (κ2) is 7.36. The van der Waals surface area contributed by atoms with E-state index in [-0.39, 0.29) is 0 Å². The van der Waals surface area contributed by atoms with E-state index < -0.39 is 5.97 Å². The average molecular weight is 307 g/mol. The minimum atomic E-state index is -0.881. The number of hydrogen-bond acceptors (Lipinski definition) is 2. The van der Waals surface area contributed by atoms with Crippen LogP contribution >= 0.6 is 23.4 Å². The van der Waals surface area contributed by atoms with E-state index in [9.17, 15) is 4.79 Å². The van der Waals surface area contributed by atoms with Gasteiger partial charge in [0.05, 0.1) is 5.56 Å². The van der Waals surface area contributed by atoms with Crippen LogP contribution in [0.1, 0.15) is 27.0 Å². The average Bonchev–Trinajstić information content (AvgIpc) is 2.48. The highest BCUT2D eigenvalue weighted by Crippen LogP contribution is 2.19. The van der Waals surface area contributed by atoms with Crippen LogP contribution in [0.3, 0.4) is 0 Å². The molecule has 0 aliphatic rings. The fourth-order valence-electron chi connectivity index (χ4n) is 1.81. The second-order valence-electron chi connectivity index (χ2n) is 4.45. The summed E-state index contributed by atoms with van der Waals surface area (Å²) in [6, 6.07) is 15.3. The number of hydrogen-bond donors (Lipinski definition) is 1. The maximum atomic E-state index is 10.9. The Morgan fingerprint density at radius 1 is 1.00 bits per heavy atom. The van der Waals surface area contributed by atoms with Crippen LogP contribution in [-0.4, -0.2) is 11.1 Å². The molecule has 2 aromatic rings. The summed E-state index contributed by atoms with van der Waals surface area (Å²) in [5.41, 5.74) is 3.75. The second-order valence-corrected chi connectivity index (χ2v) is 5.70. The lowest BCUT2D eigenvalue weighted by atomic mass is 10.1. The third kappa shape index (κ3) is 4.29. The zero-order chi connectivity index (χ0) is 14.4. The van der Waals surface area contributed by atoms with E-state index in [1.807, 2.05) is 18.2 Å². The van der Waals surface area contributed by atoms with Crippen LogP contribution in [0.25, 0.3) is 0 Å². The van der Waals surface area contributed by atoms with Gasteiger partial charge >= 0.3 is 5.97 Å². The highest BCUT2D eigenvalue weighted by atomic mass is 35.5. The number of alkyl halides is 1. The summed E-state index contributed by atoms with van der Waals surface area (Å²) in [6.45, 7) is 0. The van der Waals surface area contributed by atoms with Gasteiger partial charge in [-0.2, -0.15) is 11.8 Å². The Kier molecular flexibility index (Phi) is 5.50. The van der Waals surface area contributed by atoms with E-state index in [0.717, 1.165) is 22.6 Å². The Balaban J connectivity index is 1.88. The van der Waals surface area contributed by atoms with E-state index in [0.29, 0.717) is 11.4 Å². The molecule has 0 fully saturated rings. The molecule has 1 N–H and O–H groups in total. The molecule has 0 radical (unpaired) electrons. The first-order chi connectivity index (χ1) is 9.69. The molecule has 0 aliphatic heterocycles. The normalized spacial score (nSPS) is 10.4. The van der Waals surface area contributed by atoms with Crippen molar-refractivity contribution in [2.75, 3.05) is 0 Å². The predicted octanol–water partition coefficient (Wildman–Crippen LogP) is 4.56. The van der Waals surface area contributed by atoms with Gasteiger partial charge in [0.15, 0.2) is 0 Å². The minimum Gasteiger partial charge on any atom is -0.478 e. The summed E-state index contributed by atoms with van der Waals surface area (Å²) >= 11 is 7.52. The molecule has 0 saturated heterocycles. The maximum absolute atomic E-state index is 10.9. The van der Waals surface area contributed by atoms with Crippen LogP contribution in [0, 0.1) is 0 Å². The van der Waals surface area contributed by atoms with Crippen LogP contribution in [0.2, 0.25) is 0 Å². The van der Waals surface area contributed by atoms with E-state index in [1.165, 1.54) is 5.56 Å². The Labute approximate surface area is 127 Å². The molecule has 0 unspecified atom stereocenters. The molecule has 0 saturated carbocycles. The lowest BCUT2D eigenvalue weighted by Crippen LogP contribution is -1.96. The molecule has 104 valence electrons. The molecule has 0 spiro atoms. The van der Waals surface area contributed by atoms with Gasteiger partial charge in [-0.05, 0) is 28.8 Å². The van der Waals surface area contributed by atoms with Crippen molar-refractivity contribution in [2.24, 2.45) is 0 Å². The SMILES string of the molecule is O=C(O)c1cccc(CSCc2ccc(CCl)cc2)c1. The van der Waals surface area contributed by atoms with Crippen LogP contribution < -0.4 is 0 Å². The summed E-state index contributed by atoms with van der Waals surface area (Å²) in [5.74, 6) is 1.36. The standard InChI is InChI=1S/C16H15ClO2S/c17-9-12-4-6-13(7-5-12)10-20-11-14-2-1-3-15(8-14)16(18)19/h1-8H,9-11H2,(H,18,19). The van der Waals surface area contributed by atoms with Crippen molar-refractivity contribution in [3.8, 4) is 0 Å². The van der Waals surface area contributed by atoms with Crippen molar-refractivity contribution < 1.29 is 9.90 Å². The Morgan fingerprint density at radius 2 is 1.65 bits per heavy atom. The Morgan fingerprint density at radius 3 is 2.30 bits per heavy atom. The van der Waals surface area contributed by atoms with Gasteiger partial charge in [-0.1, -0.05) is 36.4 Å². The Bertz CT molecular complexity index is 581. The van der Waals surface area contributed by atoms with Crippen LogP contribution in [0.4, 0.5) is 0 Å². The summed E-state index contributed by atoms with van der Waals surface area (Å²) in [6.07, 6.45) is 0. The van der Waals surface area contributed by atoms with Crippen LogP contribution in [0.15, 0.2) is 48.5 Å². The first-order valence-electron chi connectivity index (χ1n) is 6.23. The van der Waals surface area contributed by atoms with E-state index in [2.05, 4.69) is 12.1 Å². The van der Waals surface area contributed by atoms with Crippen molar-refractivity contribution in [3.05, 3.63) is 70.8 Å². The number of carboxylic acid groups (broad SMARTS) is 1. The third-order valence-electron chi connectivity index (χ3n) is 2.89. The van der Waals surface area contributed by atoms with Crippen molar-refractivity contribution in [3.63, 3.8) is 0 Å². The zero-order valence-electron chi connectivity index (χ0n) is 10.9. The van der Waals surface area contributed by atoms with Crippen molar-refractivity contribution in [1.82, 2.24) is 0 Å². The van der Waals surface area contributed by atoms with Crippen molar-refractivity contribution in [2.45, 2.75) is 17.4 Å². The molecule has 0 heterocycles. The quantitative estimate of drug-likeness (QED) is 0.795. The highest BCUT2D eigenvalue weighted by molar-refractivity contribution is 7.97. The first kappa shape index (κ1) is 14.9. The fraction of sp³-hybridized carbons (Fsp3) is 0.188. The highest BCUT2D eigenvalue weighted by Gasteiger charge is 2.03. The van der Waals surface area contributed by atoms with E-state index in [4.69, 9.17) is 16.7 Å². The van der Waals surface area contributed by atoms with Gasteiger partial charge in [-0.15, -0.1) is 11.6 Å². The molecular weight excluding hydrogens is 292 g/mol. The molecule has 2 nitrogen and oxygen atoms in total. The predicted molar refractivity (Wildman–Crippen MR) is 84.4 cm³/mol. The van der Waals surface area contributed by atoms with Gasteiger partial charge in [-0.3, -0.25) is 0 Å². The smallest absolute Gasteiger partial charge is 0.335 e. The van der Waals surface area contributed by atoms with Gasteiger partial charge in [0.2, 0.25) is 0 Å². The minimum absolute atomic E-state index is 0.342. The van der Waals surface area contributed by atoms with Crippen LogP contribution in [-0.2, 0) is 17.4 Å². The van der Waals surface area contributed by atoms with E-state index >= 15 is 0 Å². The number of carboxylic acids is 1. The fourth-order valence-corrected chi connectivity index (χ4v) is 2.93. The van der Waals surface area contributed by atoms with Crippen molar-refractivity contribution in [1.29, 1.82) is 0 Å². The molecule has 4 heteroatoms. The first-order valence-corrected chi connectivity index (χ1v) is 7.91. The molecular formula is C16H15ClO2S. The monoisotopic (exact) mass is 306 g/mol. The Hall–Kier alpha value is -1.45. The largest absolute Gasteiger partial charge is 0.478 e. The summed E-state index contributed by atoms with van der Waals surface area (Å²) in [7, 11) is 0. The summed E-state index contributed by atoms with van der Waals surface area (Å²) < 4.78 is 0. The van der Waals surface area contributed by atoms with Gasteiger partial charge in [0.25, 0.3) is 0 Å². The molecule has 0 aliphatic carbocycles. The van der Waals surface area contributed by atoms with Gasteiger partial charge < -0.3 is 5.11 Å². The van der Waals surface area contributed by atoms with Gasteiger partial charge in [0.1, 0.15) is 0 Å². The van der Waals surface area contributed by atoms with Gasteiger partial charge in [0, 0.05) is 17.4 Å². The summed E-state index contributed by atoms with van der Waals surface area (Å²) in [4.78, 5) is 10.9. The molecule has 20 heavy (non-hydrogen) atoms. The molecule has 0 aromatic heterocycles. The summed E-state index contributed by atoms with van der Waals surface area (Å²) in [5, 5.41) is 8.94. The molecule has 2 rings (SSSR count). The topological polar surface area (TPSA) is 37.3 Å². The molecule has 0 atom stereocenters. The van der Waals surface area contributed by atoms with E-state index in [1.54, 1.807) is 30.0 Å². The maximum Gasteiger partial charge on any atom is 0.335 e.